The summed E-state index contributed by atoms with van der Waals surface area (Å²) in [4.78, 5) is 14.2. The van der Waals surface area contributed by atoms with E-state index in [0.717, 1.165) is 16.1 Å². The van der Waals surface area contributed by atoms with Crippen LogP contribution in [0, 0.1) is 0 Å². The van der Waals surface area contributed by atoms with E-state index in [9.17, 15) is 4.79 Å². The van der Waals surface area contributed by atoms with Crippen molar-refractivity contribution in [1.29, 1.82) is 0 Å². The number of ether oxygens (including phenoxy) is 2. The zero-order valence-corrected chi connectivity index (χ0v) is 9.43. The van der Waals surface area contributed by atoms with Gasteiger partial charge in [0.05, 0.1) is 7.11 Å². The van der Waals surface area contributed by atoms with E-state index in [1.165, 1.54) is 10.3 Å². The number of benzene rings is 1. The van der Waals surface area contributed by atoms with Crippen LogP contribution in [-0.2, 0) is 0 Å². The normalized spacial score (nSPS) is 9.93. The molecule has 0 fully saturated rings. The Morgan fingerprint density at radius 1 is 1.13 bits per heavy atom. The van der Waals surface area contributed by atoms with Crippen molar-refractivity contribution in [1.82, 2.24) is 4.98 Å². The van der Waals surface area contributed by atoms with Crippen molar-refractivity contribution in [2.24, 2.45) is 0 Å². The van der Waals surface area contributed by atoms with Crippen LogP contribution in [0.4, 0.5) is 0 Å². The molecule has 0 N–H and O–H groups in total. The minimum absolute atomic E-state index is 0.233. The molecule has 2 aromatic rings. The van der Waals surface area contributed by atoms with Crippen LogP contribution in [-0.4, -0.2) is 12.1 Å². The molecule has 15 heavy (non-hydrogen) atoms. The van der Waals surface area contributed by atoms with Crippen molar-refractivity contribution >= 4 is 20.7 Å². The maximum absolute atomic E-state index is 10.8. The van der Waals surface area contributed by atoms with Gasteiger partial charge in [-0.15, -0.1) is 0 Å². The van der Waals surface area contributed by atoms with Gasteiger partial charge in [-0.05, 0) is 44.9 Å². The van der Waals surface area contributed by atoms with Gasteiger partial charge in [0.1, 0.15) is 11.5 Å². The number of hydrogen-bond acceptors (Lipinski definition) is 6. The first-order chi connectivity index (χ1) is 7.28. The summed E-state index contributed by atoms with van der Waals surface area (Å²) < 4.78 is 10.4. The molecule has 0 saturated heterocycles. The molecule has 0 aliphatic carbocycles. The second-order valence-corrected chi connectivity index (χ2v) is 4.62. The van der Waals surface area contributed by atoms with Gasteiger partial charge in [-0.25, -0.2) is 0 Å². The Morgan fingerprint density at radius 2 is 1.80 bits per heavy atom. The molecule has 1 aromatic heterocycles. The number of methoxy groups -OCH3 is 1. The monoisotopic (exact) mass is 241 g/mol. The molecule has 1 heterocycles. The predicted octanol–water partition coefficient (Wildman–Crippen LogP) is 2.37. The molecule has 6 heteroatoms. The van der Waals surface area contributed by atoms with E-state index in [1.807, 2.05) is 0 Å². The van der Waals surface area contributed by atoms with Gasteiger partial charge < -0.3 is 9.47 Å². The first-order valence-electron chi connectivity index (χ1n) is 4.07. The fourth-order valence-corrected chi connectivity index (χ4v) is 2.29. The summed E-state index contributed by atoms with van der Waals surface area (Å²) >= 11 is 0. The van der Waals surface area contributed by atoms with Gasteiger partial charge in [-0.1, -0.05) is 0 Å². The molecule has 0 unspecified atom stereocenters. The van der Waals surface area contributed by atoms with Crippen molar-refractivity contribution in [3.8, 4) is 16.7 Å². The maximum Gasteiger partial charge on any atom is 0.340 e. The van der Waals surface area contributed by atoms with Crippen LogP contribution < -0.4 is 14.3 Å². The van der Waals surface area contributed by atoms with Crippen LogP contribution in [0.15, 0.2) is 29.1 Å². The molecule has 0 bridgehead atoms. The lowest BCUT2D eigenvalue weighted by Crippen LogP contribution is -1.93. The third-order valence-corrected chi connectivity index (χ3v) is 3.37. The van der Waals surface area contributed by atoms with Crippen LogP contribution >= 0.6 is 20.7 Å². The van der Waals surface area contributed by atoms with Crippen LogP contribution in [0.3, 0.4) is 0 Å². The summed E-state index contributed by atoms with van der Waals surface area (Å²) in [7, 11) is 3.87. The van der Waals surface area contributed by atoms with Gasteiger partial charge in [-0.2, -0.15) is 4.98 Å². The predicted molar refractivity (Wildman–Crippen MR) is 59.3 cm³/mol. The molecule has 0 amide bonds. The lowest BCUT2D eigenvalue weighted by atomic mass is 10.3. The van der Waals surface area contributed by atoms with Gasteiger partial charge in [0.2, 0.25) is 0 Å². The van der Waals surface area contributed by atoms with E-state index in [0.29, 0.717) is 10.9 Å². The van der Waals surface area contributed by atoms with Crippen molar-refractivity contribution in [2.75, 3.05) is 7.11 Å². The van der Waals surface area contributed by atoms with Gasteiger partial charge >= 0.3 is 4.87 Å². The first-order valence-corrected chi connectivity index (χ1v) is 6.22. The molecule has 4 nitrogen and oxygen atoms in total. The molecular formula is C9H7NO3S2. The van der Waals surface area contributed by atoms with Gasteiger partial charge in [-0.3, -0.25) is 4.79 Å². The highest BCUT2D eigenvalue weighted by atomic mass is 32.9. The van der Waals surface area contributed by atoms with Crippen molar-refractivity contribution in [3.05, 3.63) is 33.9 Å². The summed E-state index contributed by atoms with van der Waals surface area (Å²) in [6.45, 7) is 0. The van der Waals surface area contributed by atoms with Crippen LogP contribution in [0.5, 0.6) is 16.7 Å². The summed E-state index contributed by atoms with van der Waals surface area (Å²) in [5.41, 5.74) is 0. The van der Waals surface area contributed by atoms with Gasteiger partial charge in [0.25, 0.3) is 5.19 Å². The van der Waals surface area contributed by atoms with E-state index in [-0.39, 0.29) is 4.87 Å². The topological polar surface area (TPSA) is 48.4 Å². The van der Waals surface area contributed by atoms with Crippen LogP contribution in [0.25, 0.3) is 0 Å². The minimum Gasteiger partial charge on any atom is -0.497 e. The molecule has 0 radical (unpaired) electrons. The highest BCUT2D eigenvalue weighted by molar-refractivity contribution is 7.69. The van der Waals surface area contributed by atoms with Crippen molar-refractivity contribution < 1.29 is 9.47 Å². The van der Waals surface area contributed by atoms with E-state index >= 15 is 0 Å². The van der Waals surface area contributed by atoms with Crippen molar-refractivity contribution in [3.63, 3.8) is 0 Å². The minimum atomic E-state index is -0.233. The zero-order chi connectivity index (χ0) is 10.7. The van der Waals surface area contributed by atoms with Crippen LogP contribution in [0.1, 0.15) is 0 Å². The lowest BCUT2D eigenvalue weighted by molar-refractivity contribution is 0.412. The molecule has 0 aliphatic rings. The second kappa shape index (κ2) is 4.41. The Kier molecular flexibility index (Phi) is 2.98. The quantitative estimate of drug-likeness (QED) is 0.774. The van der Waals surface area contributed by atoms with Crippen molar-refractivity contribution in [2.45, 2.75) is 0 Å². The Hall–Kier alpha value is -1.40. The smallest absolute Gasteiger partial charge is 0.340 e. The molecule has 2 rings (SSSR count). The molecular weight excluding hydrogens is 234 g/mol. The summed E-state index contributed by atoms with van der Waals surface area (Å²) in [6, 6.07) is 7.08. The highest BCUT2D eigenvalue weighted by Gasteiger charge is 2.02. The van der Waals surface area contributed by atoms with E-state index in [1.54, 1.807) is 31.4 Å². The average Bonchev–Trinajstić information content (AvgIpc) is 2.65. The van der Waals surface area contributed by atoms with Crippen LogP contribution in [0.2, 0.25) is 0 Å². The Bertz CT molecular complexity index is 489. The average molecular weight is 241 g/mol. The fraction of sp³-hybridized carbons (Fsp3) is 0.111. The zero-order valence-electron chi connectivity index (χ0n) is 7.80. The maximum atomic E-state index is 10.8. The molecule has 0 spiro atoms. The number of nitrogens with zero attached hydrogens (tertiary/aromatic N) is 1. The molecule has 0 saturated carbocycles. The SMILES string of the molecule is COc1ccc(Oc2nc(=O)ss2)cc1. The Labute approximate surface area is 93.1 Å². The molecule has 1 aromatic carbocycles. The molecule has 0 aliphatic heterocycles. The van der Waals surface area contributed by atoms with Gasteiger partial charge in [0.15, 0.2) is 0 Å². The molecule has 0 atom stereocenters. The summed E-state index contributed by atoms with van der Waals surface area (Å²) in [5, 5.41) is 0.371. The van der Waals surface area contributed by atoms with E-state index in [4.69, 9.17) is 9.47 Å². The number of rotatable bonds is 3. The highest BCUT2D eigenvalue weighted by Crippen LogP contribution is 2.25. The third kappa shape index (κ3) is 2.54. The van der Waals surface area contributed by atoms with E-state index in [2.05, 4.69) is 4.98 Å². The lowest BCUT2D eigenvalue weighted by Gasteiger charge is -2.02. The second-order valence-electron chi connectivity index (χ2n) is 2.59. The van der Waals surface area contributed by atoms with Gasteiger partial charge in [0, 0.05) is 0 Å². The largest absolute Gasteiger partial charge is 0.497 e. The number of aromatic nitrogens is 1. The third-order valence-electron chi connectivity index (χ3n) is 1.63. The summed E-state index contributed by atoms with van der Waals surface area (Å²) in [5.74, 6) is 1.39. The standard InChI is InChI=1S/C9H7NO3S2/c1-12-6-2-4-7(5-3-6)13-9-10-8(11)14-15-9/h2-5H,1H3. The first kappa shape index (κ1) is 10.1. The molecule has 78 valence electrons. The fourth-order valence-electron chi connectivity index (χ4n) is 0.968. The Morgan fingerprint density at radius 3 is 2.33 bits per heavy atom. The number of hydrogen-bond donors (Lipinski definition) is 0. The van der Waals surface area contributed by atoms with E-state index < -0.39 is 0 Å². The summed E-state index contributed by atoms with van der Waals surface area (Å²) in [6.07, 6.45) is 0. The Balaban J connectivity index is 2.14.